The molecule has 0 radical (unpaired) electrons. The molecule has 0 aliphatic carbocycles. The summed E-state index contributed by atoms with van der Waals surface area (Å²) in [7, 11) is 0. The van der Waals surface area contributed by atoms with E-state index in [2.05, 4.69) is 5.32 Å². The molecule has 24 heavy (non-hydrogen) atoms. The monoisotopic (exact) mass is 328 g/mol. The highest BCUT2D eigenvalue weighted by molar-refractivity contribution is 6.02. The molecule has 0 saturated carbocycles. The molecule has 1 heterocycles. The number of carbonyl (C=O) groups excluding carboxylic acids is 2. The Bertz CT molecular complexity index is 774. The van der Waals surface area contributed by atoms with Crippen LogP contribution in [-0.2, 0) is 16.1 Å². The number of nitrogens with zero attached hydrogens (tertiary/aromatic N) is 1. The number of rotatable bonds is 4. The third-order valence-corrected chi connectivity index (χ3v) is 3.76. The molecule has 0 atom stereocenters. The number of ether oxygens (including phenoxy) is 1. The van der Waals surface area contributed by atoms with Crippen molar-refractivity contribution in [1.82, 2.24) is 5.32 Å². The number of aryl methyl sites for hydroxylation is 1. The van der Waals surface area contributed by atoms with Gasteiger partial charge in [-0.1, -0.05) is 18.2 Å². The highest BCUT2D eigenvalue weighted by Gasteiger charge is 2.27. The van der Waals surface area contributed by atoms with E-state index in [0.29, 0.717) is 11.4 Å². The van der Waals surface area contributed by atoms with Crippen LogP contribution >= 0.6 is 0 Å². The van der Waals surface area contributed by atoms with E-state index in [1.54, 1.807) is 18.2 Å². The minimum atomic E-state index is -0.323. The molecule has 1 aliphatic heterocycles. The fraction of sp³-hybridized carbons (Fsp3) is 0.222. The smallest absolute Gasteiger partial charge is 0.265 e. The SMILES string of the molecule is Cc1ccc2c(c1)N(CC(=O)NCc1ccc(F)cc1)C(=O)CO2. The molecular formula is C18H17FN2O3. The van der Waals surface area contributed by atoms with Crippen molar-refractivity contribution in [3.05, 3.63) is 59.4 Å². The number of carbonyl (C=O) groups is 2. The van der Waals surface area contributed by atoms with Crippen molar-refractivity contribution in [3.63, 3.8) is 0 Å². The Morgan fingerprint density at radius 1 is 1.25 bits per heavy atom. The Hall–Kier alpha value is -2.89. The van der Waals surface area contributed by atoms with Gasteiger partial charge in [0.25, 0.3) is 5.91 Å². The molecule has 1 aliphatic rings. The van der Waals surface area contributed by atoms with Gasteiger partial charge in [-0.05, 0) is 42.3 Å². The van der Waals surface area contributed by atoms with E-state index < -0.39 is 0 Å². The fourth-order valence-electron chi connectivity index (χ4n) is 2.49. The lowest BCUT2D eigenvalue weighted by atomic mass is 10.1. The van der Waals surface area contributed by atoms with Gasteiger partial charge in [0, 0.05) is 6.54 Å². The number of hydrogen-bond acceptors (Lipinski definition) is 3. The van der Waals surface area contributed by atoms with Gasteiger partial charge < -0.3 is 10.1 Å². The molecule has 1 N–H and O–H groups in total. The van der Waals surface area contributed by atoms with Gasteiger partial charge in [0.05, 0.1) is 5.69 Å². The van der Waals surface area contributed by atoms with E-state index in [1.165, 1.54) is 17.0 Å². The quantitative estimate of drug-likeness (QED) is 0.936. The van der Waals surface area contributed by atoms with Gasteiger partial charge in [-0.25, -0.2) is 4.39 Å². The maximum absolute atomic E-state index is 12.9. The molecule has 2 aromatic carbocycles. The number of nitrogens with one attached hydrogen (secondary N) is 1. The van der Waals surface area contributed by atoms with E-state index in [-0.39, 0.29) is 37.3 Å². The zero-order valence-corrected chi connectivity index (χ0v) is 13.2. The van der Waals surface area contributed by atoms with Gasteiger partial charge in [-0.15, -0.1) is 0 Å². The van der Waals surface area contributed by atoms with Crippen molar-refractivity contribution in [2.24, 2.45) is 0 Å². The molecule has 0 aromatic heterocycles. The second-order valence-electron chi connectivity index (χ2n) is 5.64. The summed E-state index contributed by atoms with van der Waals surface area (Å²) in [6.07, 6.45) is 0. The number of amides is 2. The minimum absolute atomic E-state index is 0.0820. The zero-order chi connectivity index (χ0) is 17.1. The standard InChI is InChI=1S/C18H17FN2O3/c1-12-2-7-16-15(8-12)21(18(23)11-24-16)10-17(22)20-9-13-3-5-14(19)6-4-13/h2-8H,9-11H2,1H3,(H,20,22). The normalized spacial score (nSPS) is 13.2. The lowest BCUT2D eigenvalue weighted by molar-refractivity contribution is -0.125. The van der Waals surface area contributed by atoms with Crippen LogP contribution in [0, 0.1) is 12.7 Å². The van der Waals surface area contributed by atoms with Crippen molar-refractivity contribution in [3.8, 4) is 5.75 Å². The van der Waals surface area contributed by atoms with E-state index in [0.717, 1.165) is 11.1 Å². The van der Waals surface area contributed by atoms with Crippen LogP contribution in [0.5, 0.6) is 5.75 Å². The molecular weight excluding hydrogens is 311 g/mol. The largest absolute Gasteiger partial charge is 0.482 e. The van der Waals surface area contributed by atoms with Crippen molar-refractivity contribution in [2.75, 3.05) is 18.1 Å². The molecule has 0 bridgehead atoms. The predicted molar refractivity (Wildman–Crippen MR) is 87.3 cm³/mol. The Balaban J connectivity index is 1.66. The Morgan fingerprint density at radius 3 is 2.75 bits per heavy atom. The van der Waals surface area contributed by atoms with E-state index in [1.807, 2.05) is 19.1 Å². The third-order valence-electron chi connectivity index (χ3n) is 3.76. The summed E-state index contributed by atoms with van der Waals surface area (Å²) >= 11 is 0. The fourth-order valence-corrected chi connectivity index (χ4v) is 2.49. The van der Waals surface area contributed by atoms with Gasteiger partial charge in [-0.2, -0.15) is 0 Å². The zero-order valence-electron chi connectivity index (χ0n) is 13.2. The minimum Gasteiger partial charge on any atom is -0.482 e. The third kappa shape index (κ3) is 3.53. The van der Waals surface area contributed by atoms with Crippen LogP contribution in [0.25, 0.3) is 0 Å². The highest BCUT2D eigenvalue weighted by Crippen LogP contribution is 2.32. The highest BCUT2D eigenvalue weighted by atomic mass is 19.1. The summed E-state index contributed by atoms with van der Waals surface area (Å²) in [5.41, 5.74) is 2.36. The molecule has 0 fully saturated rings. The second-order valence-corrected chi connectivity index (χ2v) is 5.64. The lowest BCUT2D eigenvalue weighted by Crippen LogP contribution is -2.45. The first kappa shape index (κ1) is 16.0. The Kier molecular flexibility index (Phi) is 4.46. The molecule has 0 saturated heterocycles. The maximum Gasteiger partial charge on any atom is 0.265 e. The van der Waals surface area contributed by atoms with Crippen LogP contribution in [-0.4, -0.2) is 25.0 Å². The van der Waals surface area contributed by atoms with Crippen molar-refractivity contribution < 1.29 is 18.7 Å². The van der Waals surface area contributed by atoms with Crippen LogP contribution in [0.1, 0.15) is 11.1 Å². The summed E-state index contributed by atoms with van der Waals surface area (Å²) in [4.78, 5) is 25.7. The molecule has 2 amide bonds. The summed E-state index contributed by atoms with van der Waals surface area (Å²) in [5.74, 6) is -0.283. The number of halogens is 1. The van der Waals surface area contributed by atoms with Crippen LogP contribution in [0.3, 0.4) is 0 Å². The molecule has 6 heteroatoms. The van der Waals surface area contributed by atoms with Crippen molar-refractivity contribution in [1.29, 1.82) is 0 Å². The van der Waals surface area contributed by atoms with E-state index >= 15 is 0 Å². The molecule has 2 aromatic rings. The number of hydrogen-bond donors (Lipinski definition) is 1. The Morgan fingerprint density at radius 2 is 2.00 bits per heavy atom. The molecule has 124 valence electrons. The first-order chi connectivity index (χ1) is 11.5. The Labute approximate surface area is 139 Å². The second kappa shape index (κ2) is 6.70. The number of fused-ring (bicyclic) bond motifs is 1. The van der Waals surface area contributed by atoms with E-state index in [4.69, 9.17) is 4.74 Å². The summed E-state index contributed by atoms with van der Waals surface area (Å²) in [5, 5.41) is 2.74. The van der Waals surface area contributed by atoms with E-state index in [9.17, 15) is 14.0 Å². The van der Waals surface area contributed by atoms with Crippen LogP contribution < -0.4 is 15.0 Å². The molecule has 0 spiro atoms. The van der Waals surface area contributed by atoms with Crippen LogP contribution in [0.4, 0.5) is 10.1 Å². The maximum atomic E-state index is 12.9. The topological polar surface area (TPSA) is 58.6 Å². The van der Waals surface area contributed by atoms with Crippen LogP contribution in [0.2, 0.25) is 0 Å². The van der Waals surface area contributed by atoms with Crippen molar-refractivity contribution >= 4 is 17.5 Å². The average molecular weight is 328 g/mol. The number of anilines is 1. The first-order valence-electron chi connectivity index (χ1n) is 7.58. The van der Waals surface area contributed by atoms with Crippen LogP contribution in [0.15, 0.2) is 42.5 Å². The first-order valence-corrected chi connectivity index (χ1v) is 7.58. The number of benzene rings is 2. The summed E-state index contributed by atoms with van der Waals surface area (Å²) < 4.78 is 18.3. The summed E-state index contributed by atoms with van der Waals surface area (Å²) in [6, 6.07) is 11.4. The summed E-state index contributed by atoms with van der Waals surface area (Å²) in [6.45, 7) is 2.02. The average Bonchev–Trinajstić information content (AvgIpc) is 2.57. The molecule has 0 unspecified atom stereocenters. The lowest BCUT2D eigenvalue weighted by Gasteiger charge is -2.29. The van der Waals surface area contributed by atoms with Gasteiger partial charge >= 0.3 is 0 Å². The van der Waals surface area contributed by atoms with Gasteiger partial charge in [0.1, 0.15) is 18.1 Å². The predicted octanol–water partition coefficient (Wildman–Crippen LogP) is 2.18. The van der Waals surface area contributed by atoms with Gasteiger partial charge in [0.15, 0.2) is 6.61 Å². The van der Waals surface area contributed by atoms with Gasteiger partial charge in [-0.3, -0.25) is 14.5 Å². The van der Waals surface area contributed by atoms with Gasteiger partial charge in [0.2, 0.25) is 5.91 Å². The molecule has 5 nitrogen and oxygen atoms in total. The van der Waals surface area contributed by atoms with Crippen molar-refractivity contribution in [2.45, 2.75) is 13.5 Å². The molecule has 3 rings (SSSR count).